The molecule has 354 valence electrons. The molecular weight excluding hydrogens is 805 g/mol. The van der Waals surface area contributed by atoms with Crippen LogP contribution in [-0.2, 0) is 10.2 Å². The number of nitrogens with one attached hydrogen (secondary N) is 1. The van der Waals surface area contributed by atoms with E-state index < -0.39 is 29.5 Å². The standard InChI is InChI=1S/C54H80N2O8/c1-36(55)32-63-51(7,8)31-37(2)56-53(11,12)48(58)34-61-44-27-19-41(20-28-44)52(9,10)42-21-29-45(30-22-42)62-35-49(59)54(13,14)64-46-25-17-40(18-26-46)38(3)39-15-23-43(24-16-39)60-33-47(57)50(4,5)6/h15-30,36-38,47-49,56-59H,31-35,55H2,1-14H3. The van der Waals surface area contributed by atoms with Crippen LogP contribution in [0.1, 0.15) is 132 Å². The van der Waals surface area contributed by atoms with Gasteiger partial charge < -0.3 is 50.1 Å². The lowest BCUT2D eigenvalue weighted by molar-refractivity contribution is -0.0492. The first kappa shape index (κ1) is 52.5. The first-order valence-corrected chi connectivity index (χ1v) is 22.9. The summed E-state index contributed by atoms with van der Waals surface area (Å²) in [6, 6.07) is 32.0. The third-order valence-electron chi connectivity index (χ3n) is 12.3. The van der Waals surface area contributed by atoms with E-state index in [-0.39, 0.29) is 54.3 Å². The minimum atomic E-state index is -0.915. The number of hydrogen-bond acceptors (Lipinski definition) is 10. The van der Waals surface area contributed by atoms with Crippen LogP contribution in [0.15, 0.2) is 97.1 Å². The van der Waals surface area contributed by atoms with Crippen LogP contribution < -0.4 is 30.0 Å². The maximum absolute atomic E-state index is 11.2. The lowest BCUT2D eigenvalue weighted by Crippen LogP contribution is -2.56. The van der Waals surface area contributed by atoms with Crippen LogP contribution in [-0.4, -0.2) is 88.9 Å². The van der Waals surface area contributed by atoms with Crippen molar-refractivity contribution >= 4 is 0 Å². The summed E-state index contributed by atoms with van der Waals surface area (Å²) in [6.07, 6.45) is -1.43. The predicted octanol–water partition coefficient (Wildman–Crippen LogP) is 9.58. The summed E-state index contributed by atoms with van der Waals surface area (Å²) in [5, 5.41) is 36.1. The van der Waals surface area contributed by atoms with E-state index >= 15 is 0 Å². The molecule has 0 aromatic heterocycles. The van der Waals surface area contributed by atoms with Crippen LogP contribution in [0, 0.1) is 5.41 Å². The summed E-state index contributed by atoms with van der Waals surface area (Å²) in [4.78, 5) is 0. The Morgan fingerprint density at radius 3 is 1.33 bits per heavy atom. The molecule has 4 rings (SSSR count). The molecule has 6 N–H and O–H groups in total. The molecule has 0 saturated carbocycles. The van der Waals surface area contributed by atoms with Gasteiger partial charge in [0.1, 0.15) is 60.6 Å². The van der Waals surface area contributed by atoms with E-state index in [2.05, 4.69) is 83.3 Å². The number of benzene rings is 4. The summed E-state index contributed by atoms with van der Waals surface area (Å²) in [7, 11) is 0. The van der Waals surface area contributed by atoms with Gasteiger partial charge in [0, 0.05) is 29.0 Å². The summed E-state index contributed by atoms with van der Waals surface area (Å²) in [5.74, 6) is 2.88. The SMILES string of the molecule is CC(N)COC(C)(C)CC(C)NC(C)(C)C(O)COc1ccc(C(C)(C)c2ccc(OCC(O)C(C)(C)Oc3ccc(C(C)c4ccc(OCC(O)C(C)(C)C)cc4)cc3)cc2)cc1. The molecule has 0 amide bonds. The smallest absolute Gasteiger partial charge is 0.132 e. The highest BCUT2D eigenvalue weighted by molar-refractivity contribution is 5.42. The van der Waals surface area contributed by atoms with Crippen molar-refractivity contribution in [2.75, 3.05) is 26.4 Å². The molecule has 0 aliphatic rings. The minimum absolute atomic E-state index is 0.0221. The molecule has 0 bridgehead atoms. The third-order valence-corrected chi connectivity index (χ3v) is 12.3. The van der Waals surface area contributed by atoms with Gasteiger partial charge in [-0.25, -0.2) is 0 Å². The molecule has 4 aromatic rings. The van der Waals surface area contributed by atoms with Gasteiger partial charge >= 0.3 is 0 Å². The van der Waals surface area contributed by atoms with Crippen molar-refractivity contribution in [3.05, 3.63) is 119 Å². The van der Waals surface area contributed by atoms with Crippen molar-refractivity contribution in [1.29, 1.82) is 0 Å². The fourth-order valence-corrected chi connectivity index (χ4v) is 7.46. The van der Waals surface area contributed by atoms with Gasteiger partial charge in [-0.1, -0.05) is 90.1 Å². The molecule has 10 nitrogen and oxygen atoms in total. The molecule has 64 heavy (non-hydrogen) atoms. The van der Waals surface area contributed by atoms with E-state index in [0.29, 0.717) is 23.9 Å². The normalized spacial score (nSPS) is 15.7. The van der Waals surface area contributed by atoms with Crippen molar-refractivity contribution < 1.29 is 39.0 Å². The fourth-order valence-electron chi connectivity index (χ4n) is 7.46. The first-order chi connectivity index (χ1) is 29.7. The molecular formula is C54H80N2O8. The average molecular weight is 885 g/mol. The Labute approximate surface area is 384 Å². The van der Waals surface area contributed by atoms with E-state index in [1.54, 1.807) is 0 Å². The largest absolute Gasteiger partial charge is 0.491 e. The van der Waals surface area contributed by atoms with Crippen molar-refractivity contribution in [3.8, 4) is 23.0 Å². The van der Waals surface area contributed by atoms with E-state index in [4.69, 9.17) is 29.4 Å². The average Bonchev–Trinajstić information content (AvgIpc) is 3.22. The molecule has 0 saturated heterocycles. The number of hydrogen-bond donors (Lipinski definition) is 5. The van der Waals surface area contributed by atoms with Gasteiger partial charge in [0.25, 0.3) is 0 Å². The molecule has 4 aromatic carbocycles. The fraction of sp³-hybridized carbons (Fsp3) is 0.556. The quantitative estimate of drug-likeness (QED) is 0.0462. The van der Waals surface area contributed by atoms with Crippen molar-refractivity contribution in [3.63, 3.8) is 0 Å². The first-order valence-electron chi connectivity index (χ1n) is 22.9. The summed E-state index contributed by atoms with van der Waals surface area (Å²) < 4.78 is 30.2. The Morgan fingerprint density at radius 1 is 0.516 bits per heavy atom. The minimum Gasteiger partial charge on any atom is -0.491 e. The molecule has 6 atom stereocenters. The highest BCUT2D eigenvalue weighted by Gasteiger charge is 2.33. The monoisotopic (exact) mass is 885 g/mol. The Kier molecular flexibility index (Phi) is 17.9. The zero-order valence-electron chi connectivity index (χ0n) is 41.2. The van der Waals surface area contributed by atoms with E-state index in [0.717, 1.165) is 34.4 Å². The van der Waals surface area contributed by atoms with Gasteiger partial charge in [0.15, 0.2) is 0 Å². The molecule has 0 radical (unpaired) electrons. The second-order valence-corrected chi connectivity index (χ2v) is 21.1. The Morgan fingerprint density at radius 2 is 0.906 bits per heavy atom. The van der Waals surface area contributed by atoms with Gasteiger partial charge in [-0.3, -0.25) is 0 Å². The second kappa shape index (κ2) is 21.9. The van der Waals surface area contributed by atoms with E-state index in [9.17, 15) is 15.3 Å². The molecule has 10 heteroatoms. The van der Waals surface area contributed by atoms with Crippen molar-refractivity contribution in [2.45, 2.75) is 162 Å². The number of rotatable bonds is 24. The molecule has 0 aliphatic heterocycles. The highest BCUT2D eigenvalue weighted by Crippen LogP contribution is 2.34. The summed E-state index contributed by atoms with van der Waals surface area (Å²) in [5.41, 5.74) is 7.99. The molecule has 6 unspecified atom stereocenters. The summed E-state index contributed by atoms with van der Waals surface area (Å²) in [6.45, 7) is 29.3. The number of aliphatic hydroxyl groups excluding tert-OH is 3. The highest BCUT2D eigenvalue weighted by atomic mass is 16.5. The zero-order chi connectivity index (χ0) is 47.7. The third kappa shape index (κ3) is 15.5. The maximum Gasteiger partial charge on any atom is 0.132 e. The zero-order valence-corrected chi connectivity index (χ0v) is 41.2. The van der Waals surface area contributed by atoms with Crippen LogP contribution >= 0.6 is 0 Å². The van der Waals surface area contributed by atoms with Crippen LogP contribution in [0.5, 0.6) is 23.0 Å². The van der Waals surface area contributed by atoms with E-state index in [1.165, 1.54) is 0 Å². The van der Waals surface area contributed by atoms with E-state index in [1.807, 2.05) is 116 Å². The molecule has 0 spiro atoms. The van der Waals surface area contributed by atoms with Gasteiger partial charge in [0.05, 0.1) is 18.3 Å². The molecule has 0 fully saturated rings. The maximum atomic E-state index is 11.2. The Bertz CT molecular complexity index is 1990. The topological polar surface area (TPSA) is 145 Å². The van der Waals surface area contributed by atoms with Crippen LogP contribution in [0.3, 0.4) is 0 Å². The lowest BCUT2D eigenvalue weighted by atomic mass is 9.78. The number of aliphatic hydroxyl groups is 3. The van der Waals surface area contributed by atoms with Crippen LogP contribution in [0.4, 0.5) is 0 Å². The Hall–Kier alpha value is -4.16. The lowest BCUT2D eigenvalue weighted by Gasteiger charge is -2.37. The van der Waals surface area contributed by atoms with Crippen LogP contribution in [0.2, 0.25) is 0 Å². The van der Waals surface area contributed by atoms with Crippen LogP contribution in [0.25, 0.3) is 0 Å². The molecule has 0 heterocycles. The van der Waals surface area contributed by atoms with Gasteiger partial charge in [-0.15, -0.1) is 0 Å². The van der Waals surface area contributed by atoms with Crippen molar-refractivity contribution in [2.24, 2.45) is 11.1 Å². The predicted molar refractivity (Wildman–Crippen MR) is 259 cm³/mol. The summed E-state index contributed by atoms with van der Waals surface area (Å²) >= 11 is 0. The van der Waals surface area contributed by atoms with Gasteiger partial charge in [-0.2, -0.15) is 0 Å². The second-order valence-electron chi connectivity index (χ2n) is 21.1. The van der Waals surface area contributed by atoms with Crippen molar-refractivity contribution in [1.82, 2.24) is 5.32 Å². The van der Waals surface area contributed by atoms with Gasteiger partial charge in [0.2, 0.25) is 0 Å². The molecule has 0 aliphatic carbocycles. The van der Waals surface area contributed by atoms with Gasteiger partial charge in [-0.05, 0) is 138 Å². The Balaban J connectivity index is 1.24. The number of ether oxygens (including phenoxy) is 5. The number of nitrogens with two attached hydrogens (primary N) is 1.